The number of halogens is 6. The summed E-state index contributed by atoms with van der Waals surface area (Å²) in [5, 5.41) is 23.3. The van der Waals surface area contributed by atoms with Crippen LogP contribution in [0.2, 0.25) is 0 Å². The monoisotopic (exact) mass is 1380 g/mol. The van der Waals surface area contributed by atoms with Gasteiger partial charge in [-0.1, -0.05) is 158 Å². The maximum absolute atomic E-state index is 16.1. The van der Waals surface area contributed by atoms with Gasteiger partial charge in [-0.15, -0.1) is 0 Å². The average molecular weight is 1380 g/mol. The molecule has 0 aliphatic rings. The predicted molar refractivity (Wildman–Crippen MR) is 418 cm³/mol. The molecular weight excluding hydrogens is 1330 g/mol. The van der Waals surface area contributed by atoms with Crippen LogP contribution in [0.4, 0.5) is 26.3 Å². The lowest BCUT2D eigenvalue weighted by molar-refractivity contribution is -0.142. The fraction of sp³-hybridized carbons (Fsp3) is 0.0215. The number of fused-ring (bicyclic) bond motifs is 18. The van der Waals surface area contributed by atoms with E-state index in [0.717, 1.165) is 160 Å². The summed E-state index contributed by atoms with van der Waals surface area (Å²) in [6.07, 6.45) is -10.4. The molecule has 6 aromatic heterocycles. The van der Waals surface area contributed by atoms with Gasteiger partial charge in [-0.05, 0) is 180 Å². The standard InChI is InChI=1S/C93H53F6N7/c94-92(95,96)56-34-40-63(78(48-56)93(97,98)99)62-41-35-57(105-87-43-36-58(101-79-25-9-1-17-64(79)65-18-2-10-26-80(65)101)50-74(87)75-51-59(37-44-88(75)105)102-81-27-11-3-19-66(81)67-20-4-12-28-82(67)102)49-72(62)73-47-55(54-100)33-42-89(73)106-90-45-38-60(103-83-29-13-5-21-68(83)69-22-6-14-30-84(69)103)52-76(90)77-53-61(39-46-91(77)106)104-85-31-15-7-23-70(85)71-24-8-16-32-86(71)104/h1-53H. The molecule has 0 saturated carbocycles. The molecule has 0 saturated heterocycles. The zero-order valence-corrected chi connectivity index (χ0v) is 56.0. The Labute approximate surface area is 599 Å². The third-order valence-corrected chi connectivity index (χ3v) is 21.7. The molecule has 0 fully saturated rings. The van der Waals surface area contributed by atoms with Crippen molar-refractivity contribution in [3.63, 3.8) is 0 Å². The lowest BCUT2D eigenvalue weighted by atomic mass is 9.88. The van der Waals surface area contributed by atoms with E-state index in [4.69, 9.17) is 0 Å². The van der Waals surface area contributed by atoms with E-state index in [0.29, 0.717) is 23.0 Å². The number of rotatable bonds is 8. The summed E-state index contributed by atoms with van der Waals surface area (Å²) in [4.78, 5) is 0. The van der Waals surface area contributed by atoms with Crippen LogP contribution in [0.15, 0.2) is 322 Å². The van der Waals surface area contributed by atoms with Crippen LogP contribution >= 0.6 is 0 Å². The van der Waals surface area contributed by atoms with E-state index in [9.17, 15) is 18.4 Å². The highest BCUT2D eigenvalue weighted by Crippen LogP contribution is 2.49. The molecule has 0 aliphatic carbocycles. The van der Waals surface area contributed by atoms with Gasteiger partial charge < -0.3 is 27.4 Å². The second kappa shape index (κ2) is 22.6. The smallest absolute Gasteiger partial charge is 0.309 e. The second-order valence-electron chi connectivity index (χ2n) is 27.3. The van der Waals surface area contributed by atoms with Gasteiger partial charge in [-0.2, -0.15) is 31.6 Å². The predicted octanol–water partition coefficient (Wildman–Crippen LogP) is 25.5. The van der Waals surface area contributed by atoms with Crippen LogP contribution in [0.1, 0.15) is 16.7 Å². The van der Waals surface area contributed by atoms with Crippen molar-refractivity contribution >= 4 is 131 Å². The van der Waals surface area contributed by atoms with Gasteiger partial charge >= 0.3 is 12.4 Å². The SMILES string of the molecule is N#Cc1ccc(-n2c3ccc(-n4c5ccccc5c5ccccc54)cc3c3cc(-n4c5ccccc5c5ccccc54)ccc32)c(-c2cc(-n3c4ccc(-n5c6ccccc6c6ccccc65)cc4c4cc(-n5c6ccccc6c6ccccc65)ccc43)ccc2-c2ccc(C(F)(F)F)cc2C(F)(F)F)c1. The van der Waals surface area contributed by atoms with E-state index in [1.807, 2.05) is 109 Å². The molecule has 21 rings (SSSR count). The summed E-state index contributed by atoms with van der Waals surface area (Å²) in [5.74, 6) is 0. The molecule has 13 heteroatoms. The van der Waals surface area contributed by atoms with Crippen molar-refractivity contribution in [3.8, 4) is 62.4 Å². The maximum atomic E-state index is 16.1. The number of alkyl halides is 6. The number of benzene rings is 15. The Morgan fingerprint density at radius 1 is 0.217 bits per heavy atom. The first kappa shape index (κ1) is 60.9. The minimum absolute atomic E-state index is 0.00715. The molecule has 0 aliphatic heterocycles. The Kier molecular flexibility index (Phi) is 13.0. The van der Waals surface area contributed by atoms with Crippen molar-refractivity contribution < 1.29 is 26.3 Å². The number of nitriles is 1. The highest BCUT2D eigenvalue weighted by atomic mass is 19.4. The van der Waals surface area contributed by atoms with Crippen LogP contribution < -0.4 is 0 Å². The number of nitrogens with zero attached hydrogens (tertiary/aromatic N) is 7. The molecular formula is C93H53F6N7. The molecule has 106 heavy (non-hydrogen) atoms. The fourth-order valence-electron chi connectivity index (χ4n) is 17.2. The first-order valence-corrected chi connectivity index (χ1v) is 34.9. The van der Waals surface area contributed by atoms with Gasteiger partial charge in [0.1, 0.15) is 0 Å². The Balaban J connectivity index is 0.854. The first-order chi connectivity index (χ1) is 51.8. The minimum atomic E-state index is -5.26. The normalized spacial score (nSPS) is 12.4. The average Bonchev–Trinajstić information content (AvgIpc) is 1.63. The molecule has 21 aromatic rings. The highest BCUT2D eigenvalue weighted by Gasteiger charge is 2.39. The van der Waals surface area contributed by atoms with Crippen molar-refractivity contribution in [1.82, 2.24) is 27.4 Å². The lowest BCUT2D eigenvalue weighted by Gasteiger charge is -2.22. The third-order valence-electron chi connectivity index (χ3n) is 21.7. The largest absolute Gasteiger partial charge is 0.417 e. The number of aromatic nitrogens is 6. The summed E-state index contributed by atoms with van der Waals surface area (Å²) in [6.45, 7) is 0. The molecule has 0 amide bonds. The zero-order chi connectivity index (χ0) is 71.0. The summed E-state index contributed by atoms with van der Waals surface area (Å²) >= 11 is 0. The van der Waals surface area contributed by atoms with E-state index in [2.05, 4.69) is 203 Å². The van der Waals surface area contributed by atoms with Gasteiger partial charge in [0.25, 0.3) is 0 Å². The molecule has 0 atom stereocenters. The van der Waals surface area contributed by atoms with E-state index >= 15 is 13.2 Å². The molecule has 0 radical (unpaired) electrons. The molecule has 502 valence electrons. The van der Waals surface area contributed by atoms with E-state index < -0.39 is 29.0 Å². The maximum Gasteiger partial charge on any atom is 0.417 e. The molecule has 0 N–H and O–H groups in total. The van der Waals surface area contributed by atoms with Crippen LogP contribution in [0, 0.1) is 11.3 Å². The summed E-state index contributed by atoms with van der Waals surface area (Å²) in [5.41, 5.74) is 13.2. The Morgan fingerprint density at radius 2 is 0.500 bits per heavy atom. The first-order valence-electron chi connectivity index (χ1n) is 34.9. The Morgan fingerprint density at radius 3 is 0.811 bits per heavy atom. The van der Waals surface area contributed by atoms with E-state index in [1.54, 1.807) is 24.3 Å². The van der Waals surface area contributed by atoms with Crippen molar-refractivity contribution in [1.29, 1.82) is 5.26 Å². The zero-order valence-electron chi connectivity index (χ0n) is 56.0. The van der Waals surface area contributed by atoms with E-state index in [-0.39, 0.29) is 22.8 Å². The second-order valence-corrected chi connectivity index (χ2v) is 27.3. The van der Waals surface area contributed by atoms with Crippen molar-refractivity contribution in [2.45, 2.75) is 12.4 Å². The van der Waals surface area contributed by atoms with E-state index in [1.165, 1.54) is 0 Å². The number of hydrogen-bond acceptors (Lipinski definition) is 1. The van der Waals surface area contributed by atoms with Crippen molar-refractivity contribution in [3.05, 3.63) is 338 Å². The molecule has 15 aromatic carbocycles. The lowest BCUT2D eigenvalue weighted by Crippen LogP contribution is -2.12. The number of para-hydroxylation sites is 8. The van der Waals surface area contributed by atoms with Crippen LogP contribution in [-0.2, 0) is 12.4 Å². The summed E-state index contributed by atoms with van der Waals surface area (Å²) in [7, 11) is 0. The van der Waals surface area contributed by atoms with Crippen molar-refractivity contribution in [2.75, 3.05) is 0 Å². The number of hydrogen-bond donors (Lipinski definition) is 0. The molecule has 7 nitrogen and oxygen atoms in total. The molecule has 6 heterocycles. The van der Waals surface area contributed by atoms with Crippen LogP contribution in [0.5, 0.6) is 0 Å². The molecule has 0 bridgehead atoms. The van der Waals surface area contributed by atoms with Gasteiger partial charge in [0.15, 0.2) is 0 Å². The van der Waals surface area contributed by atoms with Crippen LogP contribution in [0.3, 0.4) is 0 Å². The topological polar surface area (TPSA) is 53.4 Å². The molecule has 0 spiro atoms. The van der Waals surface area contributed by atoms with Gasteiger partial charge in [0.2, 0.25) is 0 Å². The molecule has 0 unspecified atom stereocenters. The summed E-state index contributed by atoms with van der Waals surface area (Å²) < 4.78 is 106. The van der Waals surface area contributed by atoms with Gasteiger partial charge in [0, 0.05) is 98.6 Å². The van der Waals surface area contributed by atoms with Crippen LogP contribution in [0.25, 0.3) is 187 Å². The van der Waals surface area contributed by atoms with Gasteiger partial charge in [-0.25, -0.2) is 0 Å². The highest BCUT2D eigenvalue weighted by molar-refractivity contribution is 6.17. The quantitative estimate of drug-likeness (QED) is 0.140. The van der Waals surface area contributed by atoms with Crippen molar-refractivity contribution in [2.24, 2.45) is 0 Å². The Hall–Kier alpha value is -13.8. The van der Waals surface area contributed by atoms with Crippen LogP contribution in [-0.4, -0.2) is 27.4 Å². The summed E-state index contributed by atoms with van der Waals surface area (Å²) in [6, 6.07) is 107. The minimum Gasteiger partial charge on any atom is -0.309 e. The van der Waals surface area contributed by atoms with Gasteiger partial charge in [-0.3, -0.25) is 0 Å². The fourth-order valence-corrected chi connectivity index (χ4v) is 17.2. The van der Waals surface area contributed by atoms with Gasteiger partial charge in [0.05, 0.1) is 94.6 Å². The Bertz CT molecular complexity index is 6850. The third kappa shape index (κ3) is 8.94.